The average Bonchev–Trinajstić information content (AvgIpc) is 2.31. The summed E-state index contributed by atoms with van der Waals surface area (Å²) in [5.41, 5.74) is 0.852. The van der Waals surface area contributed by atoms with Crippen LogP contribution in [0.5, 0.6) is 0 Å². The highest BCUT2D eigenvalue weighted by atomic mass is 16.7. The van der Waals surface area contributed by atoms with Crippen LogP contribution in [0.15, 0.2) is 24.3 Å². The maximum atomic E-state index is 10.4. The van der Waals surface area contributed by atoms with Gasteiger partial charge >= 0.3 is 0 Å². The molecule has 1 aromatic carbocycles. The molecule has 0 aliphatic carbocycles. The van der Waals surface area contributed by atoms with E-state index in [0.29, 0.717) is 6.54 Å². The Morgan fingerprint density at radius 1 is 1.31 bits per heavy atom. The molecule has 0 aromatic heterocycles. The molecule has 1 aromatic rings. The zero-order chi connectivity index (χ0) is 12.0. The molecule has 0 amide bonds. The van der Waals surface area contributed by atoms with Gasteiger partial charge in [0.05, 0.1) is 11.5 Å². The molecule has 0 radical (unpaired) electrons. The van der Waals surface area contributed by atoms with Crippen molar-refractivity contribution >= 4 is 11.4 Å². The molecule has 0 unspecified atom stereocenters. The molecule has 0 fully saturated rings. The number of hydrogen-bond donors (Lipinski definition) is 1. The van der Waals surface area contributed by atoms with Gasteiger partial charge in [-0.25, -0.2) is 0 Å². The summed E-state index contributed by atoms with van der Waals surface area (Å²) in [6, 6.07) is 6.16. The van der Waals surface area contributed by atoms with Crippen molar-refractivity contribution in [3.63, 3.8) is 0 Å². The highest BCUT2D eigenvalue weighted by Gasteiger charge is 2.06. The molecule has 0 heterocycles. The SMILES string of the molecule is COC(CNc1ccc([N+](=O)[O-])cc1)OC. The number of nitrogens with zero attached hydrogens (tertiary/aromatic N) is 1. The first-order chi connectivity index (χ1) is 7.67. The van der Waals surface area contributed by atoms with Crippen molar-refractivity contribution in [1.82, 2.24) is 0 Å². The van der Waals surface area contributed by atoms with E-state index in [4.69, 9.17) is 9.47 Å². The Morgan fingerprint density at radius 3 is 2.31 bits per heavy atom. The summed E-state index contributed by atoms with van der Waals surface area (Å²) in [7, 11) is 3.09. The van der Waals surface area contributed by atoms with Gasteiger partial charge in [-0.1, -0.05) is 0 Å². The lowest BCUT2D eigenvalue weighted by atomic mass is 10.3. The topological polar surface area (TPSA) is 73.6 Å². The van der Waals surface area contributed by atoms with E-state index in [1.807, 2.05) is 0 Å². The molecule has 0 atom stereocenters. The molecule has 6 heteroatoms. The van der Waals surface area contributed by atoms with E-state index in [9.17, 15) is 10.1 Å². The summed E-state index contributed by atoms with van der Waals surface area (Å²) < 4.78 is 9.98. The summed E-state index contributed by atoms with van der Waals surface area (Å²) in [6.45, 7) is 0.477. The van der Waals surface area contributed by atoms with E-state index in [1.54, 1.807) is 26.4 Å². The number of nitro groups is 1. The Kier molecular flexibility index (Phi) is 4.68. The van der Waals surface area contributed by atoms with E-state index >= 15 is 0 Å². The van der Waals surface area contributed by atoms with Gasteiger partial charge < -0.3 is 14.8 Å². The third kappa shape index (κ3) is 3.48. The molecular formula is C10H14N2O4. The predicted octanol–water partition coefficient (Wildman–Crippen LogP) is 1.63. The Hall–Kier alpha value is -1.66. The van der Waals surface area contributed by atoms with Gasteiger partial charge in [-0.05, 0) is 12.1 Å². The van der Waals surface area contributed by atoms with Gasteiger partial charge in [0.1, 0.15) is 0 Å². The molecule has 0 spiro atoms. The van der Waals surface area contributed by atoms with Crippen molar-refractivity contribution < 1.29 is 14.4 Å². The third-order valence-corrected chi connectivity index (χ3v) is 2.08. The van der Waals surface area contributed by atoms with Gasteiger partial charge in [-0.3, -0.25) is 10.1 Å². The lowest BCUT2D eigenvalue weighted by molar-refractivity contribution is -0.384. The van der Waals surface area contributed by atoms with Gasteiger partial charge in [0.15, 0.2) is 6.29 Å². The number of anilines is 1. The second kappa shape index (κ2) is 6.04. The van der Waals surface area contributed by atoms with Crippen LogP contribution in [0.25, 0.3) is 0 Å². The molecular weight excluding hydrogens is 212 g/mol. The van der Waals surface area contributed by atoms with Crippen LogP contribution in [-0.4, -0.2) is 32.0 Å². The van der Waals surface area contributed by atoms with Crippen molar-refractivity contribution in [2.24, 2.45) is 0 Å². The molecule has 16 heavy (non-hydrogen) atoms. The van der Waals surface area contributed by atoms with Gasteiger partial charge in [0, 0.05) is 32.0 Å². The van der Waals surface area contributed by atoms with Gasteiger partial charge in [0.2, 0.25) is 0 Å². The fourth-order valence-corrected chi connectivity index (χ4v) is 1.17. The van der Waals surface area contributed by atoms with Gasteiger partial charge in [-0.2, -0.15) is 0 Å². The maximum Gasteiger partial charge on any atom is 0.269 e. The van der Waals surface area contributed by atoms with Crippen LogP contribution in [0.1, 0.15) is 0 Å². The molecule has 1 N–H and O–H groups in total. The van der Waals surface area contributed by atoms with E-state index < -0.39 is 4.92 Å². The largest absolute Gasteiger partial charge is 0.380 e. The minimum absolute atomic E-state index is 0.0700. The van der Waals surface area contributed by atoms with Gasteiger partial charge in [-0.15, -0.1) is 0 Å². The normalized spacial score (nSPS) is 10.4. The Balaban J connectivity index is 2.52. The number of non-ortho nitro benzene ring substituents is 1. The summed E-state index contributed by atoms with van der Waals surface area (Å²) >= 11 is 0. The first-order valence-corrected chi connectivity index (χ1v) is 4.71. The van der Waals surface area contributed by atoms with Crippen LogP contribution in [0.3, 0.4) is 0 Å². The van der Waals surface area contributed by atoms with Gasteiger partial charge in [0.25, 0.3) is 5.69 Å². The maximum absolute atomic E-state index is 10.4. The molecule has 0 saturated carbocycles. The van der Waals surface area contributed by atoms with Crippen molar-refractivity contribution in [3.8, 4) is 0 Å². The van der Waals surface area contributed by atoms with E-state index in [-0.39, 0.29) is 12.0 Å². The Morgan fingerprint density at radius 2 is 1.88 bits per heavy atom. The quantitative estimate of drug-likeness (QED) is 0.453. The second-order valence-corrected chi connectivity index (χ2v) is 3.09. The number of methoxy groups -OCH3 is 2. The number of ether oxygens (including phenoxy) is 2. The summed E-state index contributed by atoms with van der Waals surface area (Å²) in [4.78, 5) is 9.98. The zero-order valence-corrected chi connectivity index (χ0v) is 9.17. The third-order valence-electron chi connectivity index (χ3n) is 2.08. The van der Waals surface area contributed by atoms with Crippen LogP contribution in [-0.2, 0) is 9.47 Å². The minimum Gasteiger partial charge on any atom is -0.380 e. The number of rotatable bonds is 6. The predicted molar refractivity (Wildman–Crippen MR) is 59.4 cm³/mol. The smallest absolute Gasteiger partial charge is 0.269 e. The Bertz CT molecular complexity index is 335. The minimum atomic E-state index is -0.434. The fraction of sp³-hybridized carbons (Fsp3) is 0.400. The standard InChI is InChI=1S/C10H14N2O4/c1-15-10(16-2)7-11-8-3-5-9(6-4-8)12(13)14/h3-6,10-11H,7H2,1-2H3. The zero-order valence-electron chi connectivity index (χ0n) is 9.17. The summed E-state index contributed by atoms with van der Waals surface area (Å²) in [5, 5.41) is 13.5. The van der Waals surface area contributed by atoms with Crippen molar-refractivity contribution in [1.29, 1.82) is 0 Å². The van der Waals surface area contributed by atoms with Crippen molar-refractivity contribution in [2.45, 2.75) is 6.29 Å². The first kappa shape index (κ1) is 12.4. The van der Waals surface area contributed by atoms with Crippen molar-refractivity contribution in [2.75, 3.05) is 26.1 Å². The first-order valence-electron chi connectivity index (χ1n) is 4.71. The number of nitro benzene ring substituents is 1. The van der Waals surface area contributed by atoms with Crippen LogP contribution >= 0.6 is 0 Å². The molecule has 0 aliphatic heterocycles. The highest BCUT2D eigenvalue weighted by Crippen LogP contribution is 2.15. The summed E-state index contributed by atoms with van der Waals surface area (Å²) in [5.74, 6) is 0. The molecule has 0 saturated heterocycles. The molecule has 6 nitrogen and oxygen atoms in total. The van der Waals surface area contributed by atoms with Crippen LogP contribution in [0, 0.1) is 10.1 Å². The molecule has 1 rings (SSSR count). The van der Waals surface area contributed by atoms with Crippen LogP contribution in [0.2, 0.25) is 0 Å². The lowest BCUT2D eigenvalue weighted by Gasteiger charge is -2.14. The lowest BCUT2D eigenvalue weighted by Crippen LogP contribution is -2.23. The van der Waals surface area contributed by atoms with Crippen LogP contribution in [0.4, 0.5) is 11.4 Å². The monoisotopic (exact) mass is 226 g/mol. The molecule has 0 bridgehead atoms. The second-order valence-electron chi connectivity index (χ2n) is 3.09. The van der Waals surface area contributed by atoms with Crippen LogP contribution < -0.4 is 5.32 Å². The van der Waals surface area contributed by atoms with E-state index in [2.05, 4.69) is 5.32 Å². The number of nitrogens with one attached hydrogen (secondary N) is 1. The summed E-state index contributed by atoms with van der Waals surface area (Å²) in [6.07, 6.45) is -0.338. The number of benzene rings is 1. The molecule has 88 valence electrons. The fourth-order valence-electron chi connectivity index (χ4n) is 1.17. The molecule has 0 aliphatic rings. The van der Waals surface area contributed by atoms with E-state index in [0.717, 1.165) is 5.69 Å². The van der Waals surface area contributed by atoms with Crippen molar-refractivity contribution in [3.05, 3.63) is 34.4 Å². The van der Waals surface area contributed by atoms with E-state index in [1.165, 1.54) is 12.1 Å². The number of hydrogen-bond acceptors (Lipinski definition) is 5. The average molecular weight is 226 g/mol. The Labute approximate surface area is 93.3 Å². The highest BCUT2D eigenvalue weighted by molar-refractivity contribution is 5.48.